The van der Waals surface area contributed by atoms with E-state index in [2.05, 4.69) is 21.8 Å². The molecule has 1 saturated carbocycles. The average molecular weight is 431 g/mol. The highest BCUT2D eigenvalue weighted by atomic mass is 16.3. The lowest BCUT2D eigenvalue weighted by molar-refractivity contribution is -0.159. The van der Waals surface area contributed by atoms with Crippen molar-refractivity contribution in [2.24, 2.45) is 5.92 Å². The molecule has 1 aromatic carbocycles. The van der Waals surface area contributed by atoms with E-state index in [0.29, 0.717) is 12.5 Å². The molecule has 2 saturated heterocycles. The van der Waals surface area contributed by atoms with Crippen molar-refractivity contribution in [1.29, 1.82) is 0 Å². The van der Waals surface area contributed by atoms with Crippen molar-refractivity contribution >= 4 is 11.8 Å². The summed E-state index contributed by atoms with van der Waals surface area (Å²) in [5.74, 6) is 6.71. The second-order valence-electron chi connectivity index (χ2n) is 8.79. The van der Waals surface area contributed by atoms with Gasteiger partial charge in [0.05, 0.1) is 24.9 Å². The highest BCUT2D eigenvalue weighted by Gasteiger charge is 2.54. The number of aliphatic hydroxyl groups is 1. The minimum absolute atomic E-state index is 0.00911. The monoisotopic (exact) mass is 430 g/mol. The minimum Gasteiger partial charge on any atom is -0.394 e. The predicted octanol–water partition coefficient (Wildman–Crippen LogP) is 1.83. The second kappa shape index (κ2) is 8.71. The standard InChI is InChI=1S/C25H26N4O3/c30-16-22-24(19-9-7-18(8-10-19)6-5-17-3-1-2-4-17)21-14-28(15-23(31)29(21)22)25(32)20-13-26-11-12-27-20/h7-13,17,21-22,24,30H,1-4,14-16H2/t21-,22-,24+/m0/s1. The van der Waals surface area contributed by atoms with Crippen molar-refractivity contribution in [3.8, 4) is 11.8 Å². The van der Waals surface area contributed by atoms with Gasteiger partial charge in [0.2, 0.25) is 5.91 Å². The summed E-state index contributed by atoms with van der Waals surface area (Å²) in [6.45, 7) is 0.296. The van der Waals surface area contributed by atoms with Gasteiger partial charge in [-0.25, -0.2) is 4.98 Å². The van der Waals surface area contributed by atoms with E-state index in [-0.39, 0.29) is 48.7 Å². The molecule has 0 unspecified atom stereocenters. The van der Waals surface area contributed by atoms with Crippen molar-refractivity contribution in [3.05, 3.63) is 59.7 Å². The zero-order valence-corrected chi connectivity index (χ0v) is 17.9. The summed E-state index contributed by atoms with van der Waals surface area (Å²) in [5.41, 5.74) is 2.27. The third-order valence-corrected chi connectivity index (χ3v) is 6.89. The van der Waals surface area contributed by atoms with Gasteiger partial charge < -0.3 is 14.9 Å². The molecule has 0 radical (unpaired) electrons. The number of fused-ring (bicyclic) bond motifs is 1. The minimum atomic E-state index is -0.296. The van der Waals surface area contributed by atoms with E-state index in [1.54, 1.807) is 4.90 Å². The van der Waals surface area contributed by atoms with E-state index in [1.165, 1.54) is 49.2 Å². The number of carbonyl (C=O) groups excluding carboxylic acids is 2. The molecule has 3 aliphatic rings. The molecule has 0 spiro atoms. The Labute approximate surface area is 187 Å². The Morgan fingerprint density at radius 2 is 1.94 bits per heavy atom. The highest BCUT2D eigenvalue weighted by Crippen LogP contribution is 2.43. The Morgan fingerprint density at radius 1 is 1.16 bits per heavy atom. The van der Waals surface area contributed by atoms with Gasteiger partial charge in [0, 0.05) is 36.3 Å². The number of aromatic nitrogens is 2. The maximum Gasteiger partial charge on any atom is 0.274 e. The van der Waals surface area contributed by atoms with Crippen molar-refractivity contribution < 1.29 is 14.7 Å². The summed E-state index contributed by atoms with van der Waals surface area (Å²) in [6.07, 6.45) is 9.33. The first-order chi connectivity index (χ1) is 15.7. The molecule has 1 aromatic heterocycles. The fraction of sp³-hybridized carbons (Fsp3) is 0.440. The normalized spacial score (nSPS) is 25.0. The molecule has 7 nitrogen and oxygen atoms in total. The Morgan fingerprint density at radius 3 is 2.62 bits per heavy atom. The van der Waals surface area contributed by atoms with Gasteiger partial charge >= 0.3 is 0 Å². The summed E-state index contributed by atoms with van der Waals surface area (Å²) >= 11 is 0. The Balaban J connectivity index is 1.33. The molecule has 2 aromatic rings. The van der Waals surface area contributed by atoms with Crippen LogP contribution >= 0.6 is 0 Å². The van der Waals surface area contributed by atoms with Gasteiger partial charge in [-0.15, -0.1) is 0 Å². The van der Waals surface area contributed by atoms with Crippen molar-refractivity contribution in [3.63, 3.8) is 0 Å². The van der Waals surface area contributed by atoms with Crippen LogP contribution in [-0.2, 0) is 4.79 Å². The largest absolute Gasteiger partial charge is 0.394 e. The van der Waals surface area contributed by atoms with E-state index in [0.717, 1.165) is 11.1 Å². The maximum atomic E-state index is 12.8. The Bertz CT molecular complexity index is 1050. The van der Waals surface area contributed by atoms with Gasteiger partial charge in [-0.1, -0.05) is 36.8 Å². The maximum absolute atomic E-state index is 12.8. The Kier molecular flexibility index (Phi) is 5.62. The topological polar surface area (TPSA) is 86.6 Å². The van der Waals surface area contributed by atoms with Crippen LogP contribution in [0, 0.1) is 17.8 Å². The van der Waals surface area contributed by atoms with E-state index in [1.807, 2.05) is 24.3 Å². The van der Waals surface area contributed by atoms with E-state index >= 15 is 0 Å². The van der Waals surface area contributed by atoms with Gasteiger partial charge in [-0.2, -0.15) is 0 Å². The van der Waals surface area contributed by atoms with Crippen LogP contribution in [0.5, 0.6) is 0 Å². The van der Waals surface area contributed by atoms with Crippen LogP contribution in [0.3, 0.4) is 0 Å². The van der Waals surface area contributed by atoms with Gasteiger partial charge in [-0.05, 0) is 30.5 Å². The lowest BCUT2D eigenvalue weighted by Gasteiger charge is -2.58. The number of rotatable bonds is 3. The smallest absolute Gasteiger partial charge is 0.274 e. The van der Waals surface area contributed by atoms with Crippen LogP contribution in [0.1, 0.15) is 53.2 Å². The van der Waals surface area contributed by atoms with Crippen molar-refractivity contribution in [1.82, 2.24) is 19.8 Å². The molecule has 3 heterocycles. The molecule has 164 valence electrons. The molecular weight excluding hydrogens is 404 g/mol. The summed E-state index contributed by atoms with van der Waals surface area (Å²) in [7, 11) is 0. The quantitative estimate of drug-likeness (QED) is 0.751. The summed E-state index contributed by atoms with van der Waals surface area (Å²) in [4.78, 5) is 36.9. The van der Waals surface area contributed by atoms with Gasteiger partial charge in [0.15, 0.2) is 0 Å². The summed E-state index contributed by atoms with van der Waals surface area (Å²) in [5, 5.41) is 9.97. The molecule has 1 aliphatic carbocycles. The number of hydrogen-bond acceptors (Lipinski definition) is 5. The van der Waals surface area contributed by atoms with Gasteiger partial charge in [0.25, 0.3) is 5.91 Å². The molecule has 7 heteroatoms. The number of piperazine rings is 1. The van der Waals surface area contributed by atoms with E-state index in [9.17, 15) is 14.7 Å². The first-order valence-corrected chi connectivity index (χ1v) is 11.2. The number of amides is 2. The third kappa shape index (κ3) is 3.76. The van der Waals surface area contributed by atoms with Crippen LogP contribution in [0.4, 0.5) is 0 Å². The molecule has 32 heavy (non-hydrogen) atoms. The summed E-state index contributed by atoms with van der Waals surface area (Å²) < 4.78 is 0. The van der Waals surface area contributed by atoms with Gasteiger partial charge in [0.1, 0.15) is 12.2 Å². The number of carbonyl (C=O) groups is 2. The first kappa shape index (κ1) is 20.7. The highest BCUT2D eigenvalue weighted by molar-refractivity contribution is 5.96. The van der Waals surface area contributed by atoms with E-state index < -0.39 is 0 Å². The molecule has 3 fully saturated rings. The number of benzene rings is 1. The van der Waals surface area contributed by atoms with Crippen LogP contribution < -0.4 is 0 Å². The second-order valence-corrected chi connectivity index (χ2v) is 8.79. The third-order valence-electron chi connectivity index (χ3n) is 6.89. The van der Waals surface area contributed by atoms with Crippen molar-refractivity contribution in [2.75, 3.05) is 19.7 Å². The SMILES string of the molecule is O=C(c1cnccn1)N1CC(=O)N2[C@@H](CO)[C@H](c3ccc(C#CC4CCCC4)cc3)[C@@H]2C1. The lowest BCUT2D eigenvalue weighted by atomic mass is 9.73. The molecule has 2 amide bonds. The number of nitrogens with zero attached hydrogens (tertiary/aromatic N) is 4. The number of aliphatic hydroxyl groups excluding tert-OH is 1. The van der Waals surface area contributed by atoms with Crippen LogP contribution in [0.25, 0.3) is 0 Å². The number of hydrogen-bond donors (Lipinski definition) is 1. The average Bonchev–Trinajstić information content (AvgIpc) is 3.33. The predicted molar refractivity (Wildman–Crippen MR) is 117 cm³/mol. The van der Waals surface area contributed by atoms with Gasteiger partial charge in [-0.3, -0.25) is 14.6 Å². The molecule has 1 N–H and O–H groups in total. The van der Waals surface area contributed by atoms with Crippen LogP contribution in [-0.4, -0.2) is 68.5 Å². The Hall–Kier alpha value is -3.24. The molecule has 0 bridgehead atoms. The van der Waals surface area contributed by atoms with Crippen molar-refractivity contribution in [2.45, 2.75) is 43.7 Å². The van der Waals surface area contributed by atoms with Crippen LogP contribution in [0.2, 0.25) is 0 Å². The zero-order valence-electron chi connectivity index (χ0n) is 17.9. The molecule has 5 rings (SSSR count). The lowest BCUT2D eigenvalue weighted by Crippen LogP contribution is -2.73. The molecular formula is C25H26N4O3. The first-order valence-electron chi connectivity index (χ1n) is 11.2. The fourth-order valence-electron chi connectivity index (χ4n) is 5.27. The fourth-order valence-corrected chi connectivity index (χ4v) is 5.27. The zero-order chi connectivity index (χ0) is 22.1. The van der Waals surface area contributed by atoms with E-state index in [4.69, 9.17) is 0 Å². The molecule has 2 aliphatic heterocycles. The van der Waals surface area contributed by atoms with Crippen LogP contribution in [0.15, 0.2) is 42.9 Å². The summed E-state index contributed by atoms with van der Waals surface area (Å²) in [6, 6.07) is 7.68. The molecule has 3 atom stereocenters.